The molecule has 1 saturated heterocycles. The molecule has 1 aromatic heterocycles. The highest BCUT2D eigenvalue weighted by Gasteiger charge is 2.47. The number of pyridine rings is 1. The van der Waals surface area contributed by atoms with Crippen LogP contribution in [0.25, 0.3) is 5.76 Å². The number of aliphatic hydroxyl groups is 1. The van der Waals surface area contributed by atoms with E-state index in [2.05, 4.69) is 9.72 Å². The number of ketones is 1. The van der Waals surface area contributed by atoms with Crippen LogP contribution >= 0.6 is 23.2 Å². The Kier molecular flexibility index (Phi) is 6.24. The quantitative estimate of drug-likeness (QED) is 0.269. The second-order valence-corrected chi connectivity index (χ2v) is 7.94. The molecule has 1 N–H and O–H groups in total. The SMILES string of the molecule is O=C1C(=O)N(c2cccc(OC(F)(F)F)c2)C(c2cccnc2)/C1=C(\O)c1ccc(Cl)c(Cl)c1. The molecule has 0 saturated carbocycles. The fourth-order valence-electron chi connectivity index (χ4n) is 3.58. The molecule has 0 spiro atoms. The number of Topliss-reactive ketones (excluding diaryl/α,β-unsaturated/α-hetero) is 1. The van der Waals surface area contributed by atoms with E-state index in [-0.39, 0.29) is 26.9 Å². The molecule has 4 rings (SSSR count). The van der Waals surface area contributed by atoms with E-state index in [0.29, 0.717) is 5.56 Å². The maximum atomic E-state index is 13.1. The molecular weight excluding hydrogens is 496 g/mol. The van der Waals surface area contributed by atoms with Crippen molar-refractivity contribution in [2.45, 2.75) is 12.4 Å². The third-order valence-corrected chi connectivity index (χ3v) is 5.71. The molecular formula is C23H13Cl2F3N2O4. The Morgan fingerprint density at radius 2 is 1.79 bits per heavy atom. The van der Waals surface area contributed by atoms with Crippen molar-refractivity contribution in [1.82, 2.24) is 4.98 Å². The zero-order chi connectivity index (χ0) is 24.6. The average Bonchev–Trinajstić information content (AvgIpc) is 3.05. The number of hydrogen-bond donors (Lipinski definition) is 1. The molecule has 3 aromatic rings. The number of alkyl halides is 3. The summed E-state index contributed by atoms with van der Waals surface area (Å²) in [6.07, 6.45) is -2.11. The first kappa shape index (κ1) is 23.6. The van der Waals surface area contributed by atoms with Crippen LogP contribution in [0.1, 0.15) is 17.2 Å². The molecule has 0 bridgehead atoms. The average molecular weight is 509 g/mol. The summed E-state index contributed by atoms with van der Waals surface area (Å²) >= 11 is 12.0. The lowest BCUT2D eigenvalue weighted by atomic mass is 9.96. The first-order chi connectivity index (χ1) is 16.1. The maximum Gasteiger partial charge on any atom is 0.573 e. The van der Waals surface area contributed by atoms with Crippen LogP contribution in [0.2, 0.25) is 10.0 Å². The van der Waals surface area contributed by atoms with Crippen molar-refractivity contribution in [2.75, 3.05) is 4.90 Å². The standard InChI is InChI=1S/C23H13Cl2F3N2O4/c24-16-7-6-12(9-17(16)25)20(31)18-19(13-3-2-8-29-11-13)30(22(33)21(18)32)14-4-1-5-15(10-14)34-23(26,27)28/h1-11,19,31H/b20-18+. The lowest BCUT2D eigenvalue weighted by molar-refractivity contribution is -0.274. The molecule has 1 fully saturated rings. The molecule has 6 nitrogen and oxygen atoms in total. The van der Waals surface area contributed by atoms with Crippen LogP contribution in [-0.2, 0) is 9.59 Å². The summed E-state index contributed by atoms with van der Waals surface area (Å²) in [7, 11) is 0. The number of aliphatic hydroxyl groups excluding tert-OH is 1. The molecule has 0 radical (unpaired) electrons. The number of amides is 1. The van der Waals surface area contributed by atoms with E-state index >= 15 is 0 Å². The summed E-state index contributed by atoms with van der Waals surface area (Å²) in [5, 5.41) is 11.3. The number of hydrogen-bond acceptors (Lipinski definition) is 5. The predicted molar refractivity (Wildman–Crippen MR) is 119 cm³/mol. The molecule has 1 aliphatic heterocycles. The Morgan fingerprint density at radius 3 is 2.44 bits per heavy atom. The van der Waals surface area contributed by atoms with Crippen molar-refractivity contribution >= 4 is 46.3 Å². The number of nitrogens with zero attached hydrogens (tertiary/aromatic N) is 2. The van der Waals surface area contributed by atoms with Gasteiger partial charge in [-0.1, -0.05) is 35.3 Å². The number of aromatic nitrogens is 1. The van der Waals surface area contributed by atoms with Crippen molar-refractivity contribution in [3.05, 3.63) is 93.7 Å². The molecule has 0 aliphatic carbocycles. The summed E-state index contributed by atoms with van der Waals surface area (Å²) < 4.78 is 42.1. The largest absolute Gasteiger partial charge is 0.573 e. The second kappa shape index (κ2) is 9.00. The first-order valence-corrected chi connectivity index (χ1v) is 10.3. The van der Waals surface area contributed by atoms with Gasteiger partial charge in [0.05, 0.1) is 21.7 Å². The smallest absolute Gasteiger partial charge is 0.507 e. The van der Waals surface area contributed by atoms with E-state index in [9.17, 15) is 27.9 Å². The number of anilines is 1. The molecule has 1 amide bonds. The first-order valence-electron chi connectivity index (χ1n) is 9.59. The molecule has 2 heterocycles. The van der Waals surface area contributed by atoms with Crippen molar-refractivity contribution < 1.29 is 32.6 Å². The van der Waals surface area contributed by atoms with Crippen molar-refractivity contribution in [3.8, 4) is 5.75 Å². The zero-order valence-corrected chi connectivity index (χ0v) is 18.4. The number of benzene rings is 2. The molecule has 2 aromatic carbocycles. The number of carbonyl (C=O) groups excluding carboxylic acids is 2. The highest BCUT2D eigenvalue weighted by Crippen LogP contribution is 2.43. The van der Waals surface area contributed by atoms with Crippen LogP contribution in [0.4, 0.5) is 18.9 Å². The lowest BCUT2D eigenvalue weighted by Gasteiger charge is -2.25. The van der Waals surface area contributed by atoms with Crippen LogP contribution in [0.3, 0.4) is 0 Å². The highest BCUT2D eigenvalue weighted by atomic mass is 35.5. The van der Waals surface area contributed by atoms with Gasteiger partial charge in [0, 0.05) is 29.7 Å². The summed E-state index contributed by atoms with van der Waals surface area (Å²) in [6.45, 7) is 0. The summed E-state index contributed by atoms with van der Waals surface area (Å²) in [5.41, 5.74) is 0.116. The minimum atomic E-state index is -4.95. The van der Waals surface area contributed by atoms with E-state index in [4.69, 9.17) is 23.2 Å². The summed E-state index contributed by atoms with van der Waals surface area (Å²) in [6, 6.07) is 10.7. The van der Waals surface area contributed by atoms with Crippen molar-refractivity contribution in [2.24, 2.45) is 0 Å². The van der Waals surface area contributed by atoms with Crippen LogP contribution in [-0.4, -0.2) is 28.1 Å². The van der Waals surface area contributed by atoms with Crippen LogP contribution in [0, 0.1) is 0 Å². The minimum absolute atomic E-state index is 0.0501. The highest BCUT2D eigenvalue weighted by molar-refractivity contribution is 6.51. The van der Waals surface area contributed by atoms with E-state index in [0.717, 1.165) is 17.0 Å². The molecule has 34 heavy (non-hydrogen) atoms. The monoisotopic (exact) mass is 508 g/mol. The van der Waals surface area contributed by atoms with Crippen molar-refractivity contribution in [3.63, 3.8) is 0 Å². The van der Waals surface area contributed by atoms with Gasteiger partial charge < -0.3 is 9.84 Å². The fraction of sp³-hybridized carbons (Fsp3) is 0.0870. The number of carbonyl (C=O) groups is 2. The number of ether oxygens (including phenoxy) is 1. The molecule has 1 unspecified atom stereocenters. The topological polar surface area (TPSA) is 79.7 Å². The van der Waals surface area contributed by atoms with Gasteiger partial charge in [0.15, 0.2) is 0 Å². The van der Waals surface area contributed by atoms with Gasteiger partial charge in [-0.05, 0) is 42.0 Å². The Hall–Kier alpha value is -3.56. The number of rotatable bonds is 4. The maximum absolute atomic E-state index is 13.1. The van der Waals surface area contributed by atoms with Gasteiger partial charge in [-0.3, -0.25) is 19.5 Å². The lowest BCUT2D eigenvalue weighted by Crippen LogP contribution is -2.29. The normalized spacial score (nSPS) is 17.8. The van der Waals surface area contributed by atoms with Gasteiger partial charge in [0.25, 0.3) is 11.7 Å². The van der Waals surface area contributed by atoms with Gasteiger partial charge in [0.2, 0.25) is 0 Å². The third-order valence-electron chi connectivity index (χ3n) is 4.97. The number of halogens is 5. The van der Waals surface area contributed by atoms with Gasteiger partial charge in [0.1, 0.15) is 11.5 Å². The van der Waals surface area contributed by atoms with Crippen LogP contribution in [0.15, 0.2) is 72.6 Å². The van der Waals surface area contributed by atoms with Gasteiger partial charge in [-0.2, -0.15) is 0 Å². The summed E-state index contributed by atoms with van der Waals surface area (Å²) in [5.74, 6) is -3.21. The predicted octanol–water partition coefficient (Wildman–Crippen LogP) is 5.91. The van der Waals surface area contributed by atoms with E-state index in [1.54, 1.807) is 12.1 Å². The minimum Gasteiger partial charge on any atom is -0.507 e. The molecule has 11 heteroatoms. The second-order valence-electron chi connectivity index (χ2n) is 7.13. The zero-order valence-electron chi connectivity index (χ0n) is 16.9. The molecule has 174 valence electrons. The van der Waals surface area contributed by atoms with Gasteiger partial charge >= 0.3 is 6.36 Å². The van der Waals surface area contributed by atoms with Gasteiger partial charge in [-0.25, -0.2) is 0 Å². The van der Waals surface area contributed by atoms with Gasteiger partial charge in [-0.15, -0.1) is 13.2 Å². The van der Waals surface area contributed by atoms with Crippen molar-refractivity contribution in [1.29, 1.82) is 0 Å². The van der Waals surface area contributed by atoms with E-state index in [1.165, 1.54) is 42.7 Å². The molecule has 1 atom stereocenters. The summed E-state index contributed by atoms with van der Waals surface area (Å²) in [4.78, 5) is 31.1. The third kappa shape index (κ3) is 4.57. The van der Waals surface area contributed by atoms with Crippen LogP contribution < -0.4 is 9.64 Å². The Labute approximate surface area is 200 Å². The molecule has 1 aliphatic rings. The van der Waals surface area contributed by atoms with Crippen LogP contribution in [0.5, 0.6) is 5.75 Å². The Bertz CT molecular complexity index is 1310. The van der Waals surface area contributed by atoms with E-state index in [1.807, 2.05) is 0 Å². The Balaban J connectivity index is 1.90. The van der Waals surface area contributed by atoms with E-state index < -0.39 is 35.6 Å². The fourth-order valence-corrected chi connectivity index (χ4v) is 3.88. The Morgan fingerprint density at radius 1 is 1.03 bits per heavy atom.